The first-order valence-electron chi connectivity index (χ1n) is 10.2. The molecule has 0 unspecified atom stereocenters. The maximum Gasteiger partial charge on any atom is 0.373 e. The summed E-state index contributed by atoms with van der Waals surface area (Å²) in [5.41, 5.74) is 0.448. The number of methoxy groups -OCH3 is 4. The number of hydrogen-bond donors (Lipinski definition) is 1. The number of ether oxygens (including phenoxy) is 5. The summed E-state index contributed by atoms with van der Waals surface area (Å²) in [6.45, 7) is 1.32. The summed E-state index contributed by atoms with van der Waals surface area (Å²) in [6.07, 6.45) is 0.499. The van der Waals surface area contributed by atoms with Crippen molar-refractivity contribution in [2.45, 2.75) is 19.6 Å². The van der Waals surface area contributed by atoms with Crippen molar-refractivity contribution in [3.63, 3.8) is 0 Å². The fourth-order valence-electron chi connectivity index (χ4n) is 3.20. The van der Waals surface area contributed by atoms with Crippen LogP contribution in [-0.4, -0.2) is 63.3 Å². The largest absolute Gasteiger partial charge is 0.493 e. The Bertz CT molecular complexity index is 1160. The molecule has 1 fully saturated rings. The van der Waals surface area contributed by atoms with Gasteiger partial charge in [-0.05, 0) is 42.8 Å². The van der Waals surface area contributed by atoms with E-state index in [4.69, 9.17) is 18.6 Å². The average Bonchev–Trinajstić information content (AvgIpc) is 3.43. The predicted octanol–water partition coefficient (Wildman–Crippen LogP) is 2.12. The van der Waals surface area contributed by atoms with E-state index < -0.39 is 30.0 Å². The highest BCUT2D eigenvalue weighted by Crippen LogP contribution is 2.40. The molecule has 1 aromatic heterocycles. The molecule has 0 radical (unpaired) electrons. The zero-order valence-electron chi connectivity index (χ0n) is 19.7. The number of nitrogens with one attached hydrogen (secondary N) is 1. The van der Waals surface area contributed by atoms with Crippen LogP contribution in [-0.2, 0) is 25.6 Å². The van der Waals surface area contributed by atoms with Crippen LogP contribution in [0.2, 0.25) is 0 Å². The monoisotopic (exact) mass is 488 g/mol. The van der Waals surface area contributed by atoms with Gasteiger partial charge in [0.15, 0.2) is 17.6 Å². The van der Waals surface area contributed by atoms with Crippen molar-refractivity contribution in [1.29, 1.82) is 0 Å². The second-order valence-electron chi connectivity index (χ2n) is 7.17. The Morgan fingerprint density at radius 2 is 1.71 bits per heavy atom. The van der Waals surface area contributed by atoms with Crippen molar-refractivity contribution in [3.8, 4) is 17.2 Å². The lowest BCUT2D eigenvalue weighted by Crippen LogP contribution is -2.30. The summed E-state index contributed by atoms with van der Waals surface area (Å²) < 4.78 is 31.0. The number of rotatable bonds is 9. The molecule has 1 N–H and O–H groups in total. The van der Waals surface area contributed by atoms with Gasteiger partial charge in [-0.25, -0.2) is 14.4 Å². The van der Waals surface area contributed by atoms with Gasteiger partial charge in [-0.3, -0.25) is 9.69 Å². The lowest BCUT2D eigenvalue weighted by molar-refractivity contribution is -0.148. The molecule has 3 rings (SSSR count). The molecule has 1 aliphatic rings. The third kappa shape index (κ3) is 5.37. The van der Waals surface area contributed by atoms with Crippen molar-refractivity contribution in [2.24, 2.45) is 0 Å². The normalized spacial score (nSPS) is 15.0. The Kier molecular flexibility index (Phi) is 7.64. The first-order chi connectivity index (χ1) is 16.7. The van der Waals surface area contributed by atoms with Crippen LogP contribution >= 0.6 is 0 Å². The number of amides is 3. The maximum absolute atomic E-state index is 12.9. The molecule has 1 aromatic carbocycles. The van der Waals surface area contributed by atoms with Crippen LogP contribution in [0, 0.1) is 0 Å². The van der Waals surface area contributed by atoms with Gasteiger partial charge in [0.1, 0.15) is 11.5 Å². The molecular formula is C23H24N2O10. The number of carbonyl (C=O) groups is 4. The number of nitrogens with zero attached hydrogens (tertiary/aromatic N) is 1. The molecular weight excluding hydrogens is 464 g/mol. The van der Waals surface area contributed by atoms with Crippen molar-refractivity contribution in [1.82, 2.24) is 10.2 Å². The van der Waals surface area contributed by atoms with Gasteiger partial charge < -0.3 is 33.4 Å². The van der Waals surface area contributed by atoms with Crippen molar-refractivity contribution >= 4 is 30.0 Å². The number of furan rings is 1. The van der Waals surface area contributed by atoms with E-state index in [0.717, 1.165) is 4.90 Å². The number of hydrogen-bond acceptors (Lipinski definition) is 10. The van der Waals surface area contributed by atoms with E-state index >= 15 is 0 Å². The molecule has 1 aliphatic heterocycles. The summed E-state index contributed by atoms with van der Waals surface area (Å²) in [5, 5.41) is 2.50. The second-order valence-corrected chi connectivity index (χ2v) is 7.17. The van der Waals surface area contributed by atoms with Crippen LogP contribution < -0.4 is 19.5 Å². The molecule has 2 aromatic rings. The molecule has 35 heavy (non-hydrogen) atoms. The van der Waals surface area contributed by atoms with Gasteiger partial charge in [0.2, 0.25) is 11.5 Å². The zero-order chi connectivity index (χ0) is 25.7. The van der Waals surface area contributed by atoms with E-state index in [1.165, 1.54) is 53.6 Å². The highest BCUT2D eigenvalue weighted by atomic mass is 16.6. The van der Waals surface area contributed by atoms with Crippen LogP contribution in [0.3, 0.4) is 0 Å². The van der Waals surface area contributed by atoms with Crippen LogP contribution in [0.5, 0.6) is 17.2 Å². The molecule has 0 saturated carbocycles. The number of esters is 2. The molecule has 186 valence electrons. The fraction of sp³-hybridized carbons (Fsp3) is 0.304. The molecule has 1 saturated heterocycles. The van der Waals surface area contributed by atoms with Gasteiger partial charge >= 0.3 is 18.0 Å². The topological polar surface area (TPSA) is 143 Å². The Balaban J connectivity index is 1.85. The third-order valence-electron chi connectivity index (χ3n) is 4.95. The number of urea groups is 1. The van der Waals surface area contributed by atoms with Crippen LogP contribution in [0.1, 0.15) is 28.8 Å². The molecule has 2 heterocycles. The lowest BCUT2D eigenvalue weighted by Gasteiger charge is -2.18. The van der Waals surface area contributed by atoms with E-state index in [0.29, 0.717) is 5.56 Å². The van der Waals surface area contributed by atoms with E-state index in [9.17, 15) is 19.2 Å². The number of benzene rings is 1. The van der Waals surface area contributed by atoms with Gasteiger partial charge in [-0.1, -0.05) is 0 Å². The number of carbonyl (C=O) groups excluding carboxylic acids is 4. The summed E-state index contributed by atoms with van der Waals surface area (Å²) >= 11 is 0. The highest BCUT2D eigenvalue weighted by molar-refractivity contribution is 6.13. The summed E-state index contributed by atoms with van der Waals surface area (Å²) in [7, 11) is 5.25. The average molecular weight is 488 g/mol. The molecule has 0 spiro atoms. The van der Waals surface area contributed by atoms with Gasteiger partial charge in [0.25, 0.3) is 5.91 Å². The van der Waals surface area contributed by atoms with Crippen molar-refractivity contribution in [2.75, 3.05) is 28.4 Å². The zero-order valence-corrected chi connectivity index (χ0v) is 19.7. The summed E-state index contributed by atoms with van der Waals surface area (Å²) in [5.74, 6) is -1.08. The number of imide groups is 1. The Labute approximate surface area is 200 Å². The minimum absolute atomic E-state index is 0.00421. The Morgan fingerprint density at radius 3 is 2.29 bits per heavy atom. The van der Waals surface area contributed by atoms with E-state index in [1.807, 2.05) is 0 Å². The predicted molar refractivity (Wildman–Crippen MR) is 119 cm³/mol. The van der Waals surface area contributed by atoms with Gasteiger partial charge in [-0.15, -0.1) is 0 Å². The summed E-state index contributed by atoms with van der Waals surface area (Å²) in [4.78, 5) is 49.5. The molecule has 1 atom stereocenters. The second kappa shape index (κ2) is 10.6. The fourth-order valence-corrected chi connectivity index (χ4v) is 3.20. The molecule has 0 bridgehead atoms. The Hall–Kier alpha value is -4.48. The lowest BCUT2D eigenvalue weighted by atomic mass is 10.1. The van der Waals surface area contributed by atoms with Crippen molar-refractivity contribution in [3.05, 3.63) is 47.0 Å². The van der Waals surface area contributed by atoms with Gasteiger partial charge in [0.05, 0.1) is 35.0 Å². The smallest absolute Gasteiger partial charge is 0.373 e. The van der Waals surface area contributed by atoms with Gasteiger partial charge in [0, 0.05) is 0 Å². The Morgan fingerprint density at radius 1 is 1.06 bits per heavy atom. The third-order valence-corrected chi connectivity index (χ3v) is 4.95. The molecule has 0 aliphatic carbocycles. The van der Waals surface area contributed by atoms with E-state index in [-0.39, 0.29) is 41.0 Å². The van der Waals surface area contributed by atoms with Gasteiger partial charge in [-0.2, -0.15) is 0 Å². The molecule has 12 nitrogen and oxygen atoms in total. The summed E-state index contributed by atoms with van der Waals surface area (Å²) in [6, 6.07) is 5.29. The quantitative estimate of drug-likeness (QED) is 0.317. The van der Waals surface area contributed by atoms with Crippen LogP contribution in [0.15, 0.2) is 34.4 Å². The SMILES string of the molecule is COC(=O)c1ccc(CN2C(=O)N/C(=C\c3cc(OC)c(O[C@@H](C)C(=O)OC)c(OC)c3)C2=O)o1. The minimum atomic E-state index is -0.933. The molecule has 12 heteroatoms. The first kappa shape index (κ1) is 25.1. The molecule has 3 amide bonds. The highest BCUT2D eigenvalue weighted by Gasteiger charge is 2.34. The van der Waals surface area contributed by atoms with E-state index in [1.54, 1.807) is 12.1 Å². The van der Waals surface area contributed by atoms with Crippen LogP contribution in [0.25, 0.3) is 6.08 Å². The first-order valence-corrected chi connectivity index (χ1v) is 10.2. The van der Waals surface area contributed by atoms with Crippen LogP contribution in [0.4, 0.5) is 4.79 Å². The minimum Gasteiger partial charge on any atom is -0.493 e. The standard InChI is InChI=1S/C23H24N2O10/c1-12(21(27)32-4)34-19-17(30-2)9-13(10-18(19)31-3)8-15-20(26)25(23(29)24-15)11-14-6-7-16(35-14)22(28)33-5/h6-10,12H,11H2,1-5H3,(H,24,29)/b15-8-/t12-/m0/s1. The van der Waals surface area contributed by atoms with Crippen molar-refractivity contribution < 1.29 is 47.3 Å². The maximum atomic E-state index is 12.9. The van der Waals surface area contributed by atoms with E-state index in [2.05, 4.69) is 14.8 Å².